The molecule has 4 fully saturated rings. The highest BCUT2D eigenvalue weighted by molar-refractivity contribution is 6.31. The van der Waals surface area contributed by atoms with Gasteiger partial charge in [0.15, 0.2) is 0 Å². The Morgan fingerprint density at radius 2 is 1.94 bits per heavy atom. The number of anilines is 1. The van der Waals surface area contributed by atoms with Crippen LogP contribution >= 0.6 is 11.6 Å². The zero-order valence-corrected chi connectivity index (χ0v) is 21.1. The number of hydrogen-bond donors (Lipinski definition) is 2. The molecule has 1 spiro atoms. The van der Waals surface area contributed by atoms with E-state index < -0.39 is 41.3 Å². The molecule has 6 rings (SSSR count). The molecule has 2 N–H and O–H groups in total. The molecular weight excluding hydrogens is 485 g/mol. The molecule has 0 aromatic heterocycles. The van der Waals surface area contributed by atoms with Crippen LogP contribution in [0, 0.1) is 29.5 Å². The largest absolute Gasteiger partial charge is 0.359 e. The number of likely N-dealkylation sites (tertiary alicyclic amines) is 1. The first-order chi connectivity index (χ1) is 17.2. The Bertz CT molecular complexity index is 1160. The highest BCUT2D eigenvalue weighted by Gasteiger charge is 2.74. The zero-order chi connectivity index (χ0) is 25.4. The molecule has 1 aromatic rings. The van der Waals surface area contributed by atoms with E-state index >= 15 is 0 Å². The maximum Gasteiger partial charge on any atom is 0.246 e. The van der Waals surface area contributed by atoms with E-state index in [1.54, 1.807) is 11.0 Å². The Kier molecular flexibility index (Phi) is 5.68. The number of amides is 3. The monoisotopic (exact) mass is 515 g/mol. The van der Waals surface area contributed by atoms with Crippen molar-refractivity contribution < 1.29 is 23.5 Å². The number of hydrogen-bond acceptors (Lipinski definition) is 4. The summed E-state index contributed by atoms with van der Waals surface area (Å²) in [5.41, 5.74) is -0.827. The summed E-state index contributed by atoms with van der Waals surface area (Å²) in [6.07, 6.45) is 7.84. The standard InChI is InChI=1S/C27H31ClFN3O4/c1-13-4-3-5-19(14(13)2)31-25(34)23-27-11-10-20(36-27)21(22(27)26(35)32(23)16-7-8-16)24(33)30-15-6-9-18(29)17(28)12-15/h6,9-14,16,19-23H,3-5,7-8H2,1-2H3,(H,30,33)(H,31,34)/t13-,14+,19+,20+,21+,22+,23+,27+/m1/s1. The molecule has 3 aliphatic heterocycles. The van der Waals surface area contributed by atoms with Crippen LogP contribution in [0.5, 0.6) is 0 Å². The molecule has 192 valence electrons. The minimum atomic E-state index is -1.17. The predicted molar refractivity (Wildman–Crippen MR) is 132 cm³/mol. The van der Waals surface area contributed by atoms with Crippen molar-refractivity contribution in [3.63, 3.8) is 0 Å². The van der Waals surface area contributed by atoms with Crippen LogP contribution in [0.3, 0.4) is 0 Å². The number of nitrogens with one attached hydrogen (secondary N) is 2. The number of benzene rings is 1. The lowest BCUT2D eigenvalue weighted by atomic mass is 9.73. The van der Waals surface area contributed by atoms with E-state index in [0.717, 1.165) is 32.1 Å². The van der Waals surface area contributed by atoms with Gasteiger partial charge in [-0.05, 0) is 49.3 Å². The van der Waals surface area contributed by atoms with Crippen molar-refractivity contribution >= 4 is 35.0 Å². The summed E-state index contributed by atoms with van der Waals surface area (Å²) in [5, 5.41) is 5.93. The van der Waals surface area contributed by atoms with Gasteiger partial charge < -0.3 is 20.3 Å². The first-order valence-corrected chi connectivity index (χ1v) is 13.3. The van der Waals surface area contributed by atoms with Crippen molar-refractivity contribution in [3.8, 4) is 0 Å². The third-order valence-corrected chi connectivity index (χ3v) is 9.31. The van der Waals surface area contributed by atoms with Gasteiger partial charge in [-0.3, -0.25) is 14.4 Å². The second-order valence-electron chi connectivity index (χ2n) is 11.2. The van der Waals surface area contributed by atoms with Gasteiger partial charge in [-0.15, -0.1) is 0 Å². The van der Waals surface area contributed by atoms with Gasteiger partial charge in [-0.1, -0.05) is 50.4 Å². The quantitative estimate of drug-likeness (QED) is 0.586. The van der Waals surface area contributed by atoms with Crippen LogP contribution in [0.15, 0.2) is 30.4 Å². The van der Waals surface area contributed by atoms with Gasteiger partial charge in [0.05, 0.1) is 23.0 Å². The Hall–Kier alpha value is -2.45. The van der Waals surface area contributed by atoms with Crippen LogP contribution in [0.1, 0.15) is 46.0 Å². The predicted octanol–water partition coefficient (Wildman–Crippen LogP) is 3.67. The molecular formula is C27H31ClFN3O4. The lowest BCUT2D eigenvalue weighted by Gasteiger charge is -2.38. The summed E-state index contributed by atoms with van der Waals surface area (Å²) in [5.74, 6) is -2.10. The molecule has 2 saturated heterocycles. The van der Waals surface area contributed by atoms with E-state index in [2.05, 4.69) is 24.5 Å². The fraction of sp³-hybridized carbons (Fsp3) is 0.593. The molecule has 7 nitrogen and oxygen atoms in total. The van der Waals surface area contributed by atoms with Crippen molar-refractivity contribution in [3.05, 3.63) is 41.2 Å². The molecule has 2 aliphatic carbocycles. The first kappa shape index (κ1) is 23.9. The average Bonchev–Trinajstić information content (AvgIpc) is 3.43. The molecule has 8 atom stereocenters. The zero-order valence-electron chi connectivity index (χ0n) is 20.4. The normalized spacial score (nSPS) is 38.8. The van der Waals surface area contributed by atoms with E-state index in [0.29, 0.717) is 17.5 Å². The maximum atomic E-state index is 13.8. The van der Waals surface area contributed by atoms with Crippen LogP contribution in [-0.2, 0) is 19.1 Å². The molecule has 9 heteroatoms. The van der Waals surface area contributed by atoms with E-state index in [-0.39, 0.29) is 28.9 Å². The number of halogens is 2. The van der Waals surface area contributed by atoms with E-state index in [1.165, 1.54) is 18.2 Å². The molecule has 0 unspecified atom stereocenters. The summed E-state index contributed by atoms with van der Waals surface area (Å²) < 4.78 is 19.9. The van der Waals surface area contributed by atoms with Gasteiger partial charge in [-0.25, -0.2) is 4.39 Å². The molecule has 3 heterocycles. The van der Waals surface area contributed by atoms with Crippen molar-refractivity contribution in [1.82, 2.24) is 10.2 Å². The smallest absolute Gasteiger partial charge is 0.246 e. The van der Waals surface area contributed by atoms with Crippen LogP contribution in [0.4, 0.5) is 10.1 Å². The van der Waals surface area contributed by atoms with Crippen molar-refractivity contribution in [2.75, 3.05) is 5.32 Å². The summed E-state index contributed by atoms with van der Waals surface area (Å²) in [7, 11) is 0. The summed E-state index contributed by atoms with van der Waals surface area (Å²) in [6.45, 7) is 4.39. The number of carbonyl (C=O) groups excluding carboxylic acids is 3. The lowest BCUT2D eigenvalue weighted by Crippen LogP contribution is -2.58. The summed E-state index contributed by atoms with van der Waals surface area (Å²) in [6, 6.07) is 3.19. The average molecular weight is 516 g/mol. The number of ether oxygens (including phenoxy) is 1. The SMILES string of the molecule is C[C@H]1[C@H](C)CCC[C@@H]1NC(=O)[C@@H]1N(C2CC2)C(=O)[C@@H]2[C@@H](C(=O)Nc3ccc(F)c(Cl)c3)[C@@H]3C=C[C@]21O3. The van der Waals surface area contributed by atoms with Crippen LogP contribution < -0.4 is 10.6 Å². The van der Waals surface area contributed by atoms with Crippen molar-refractivity contribution in [1.29, 1.82) is 0 Å². The van der Waals surface area contributed by atoms with Gasteiger partial charge in [0.25, 0.3) is 0 Å². The molecule has 2 bridgehead atoms. The Morgan fingerprint density at radius 1 is 1.17 bits per heavy atom. The summed E-state index contributed by atoms with van der Waals surface area (Å²) >= 11 is 5.88. The topological polar surface area (TPSA) is 87.7 Å². The highest BCUT2D eigenvalue weighted by Crippen LogP contribution is 2.57. The van der Waals surface area contributed by atoms with Gasteiger partial charge in [0.1, 0.15) is 17.5 Å². The third kappa shape index (κ3) is 3.59. The Labute approximate surface area is 214 Å². The number of carbonyl (C=O) groups is 3. The van der Waals surface area contributed by atoms with Gasteiger partial charge in [-0.2, -0.15) is 0 Å². The minimum absolute atomic E-state index is 0.00778. The van der Waals surface area contributed by atoms with Crippen molar-refractivity contribution in [2.45, 2.75) is 75.8 Å². The molecule has 0 radical (unpaired) electrons. The lowest BCUT2D eigenvalue weighted by molar-refractivity contribution is -0.142. The maximum absolute atomic E-state index is 13.8. The van der Waals surface area contributed by atoms with E-state index in [1.807, 2.05) is 6.08 Å². The molecule has 1 aromatic carbocycles. The Balaban J connectivity index is 1.28. The molecule has 36 heavy (non-hydrogen) atoms. The van der Waals surface area contributed by atoms with Gasteiger partial charge in [0, 0.05) is 17.8 Å². The fourth-order valence-electron chi connectivity index (χ4n) is 6.80. The number of nitrogens with zero attached hydrogens (tertiary/aromatic N) is 1. The van der Waals surface area contributed by atoms with Crippen molar-refractivity contribution in [2.24, 2.45) is 23.7 Å². The highest BCUT2D eigenvalue weighted by atomic mass is 35.5. The van der Waals surface area contributed by atoms with E-state index in [9.17, 15) is 18.8 Å². The number of fused-ring (bicyclic) bond motifs is 1. The minimum Gasteiger partial charge on any atom is -0.359 e. The first-order valence-electron chi connectivity index (χ1n) is 13.0. The number of rotatable bonds is 5. The fourth-order valence-corrected chi connectivity index (χ4v) is 6.98. The molecule has 3 amide bonds. The Morgan fingerprint density at radius 3 is 2.67 bits per heavy atom. The van der Waals surface area contributed by atoms with Crippen LogP contribution in [-0.4, -0.2) is 52.5 Å². The van der Waals surface area contributed by atoms with Crippen LogP contribution in [0.2, 0.25) is 5.02 Å². The van der Waals surface area contributed by atoms with Crippen LogP contribution in [0.25, 0.3) is 0 Å². The summed E-state index contributed by atoms with van der Waals surface area (Å²) in [4.78, 5) is 42.8. The van der Waals surface area contributed by atoms with Gasteiger partial charge >= 0.3 is 0 Å². The second kappa shape index (κ2) is 8.55. The molecule has 5 aliphatic rings. The second-order valence-corrected chi connectivity index (χ2v) is 11.6. The van der Waals surface area contributed by atoms with Gasteiger partial charge in [0.2, 0.25) is 17.7 Å². The molecule has 2 saturated carbocycles. The third-order valence-electron chi connectivity index (χ3n) is 9.02. The van der Waals surface area contributed by atoms with E-state index in [4.69, 9.17) is 16.3 Å².